The quantitative estimate of drug-likeness (QED) is 0.501. The molecule has 0 saturated heterocycles. The highest BCUT2D eigenvalue weighted by Gasteiger charge is 2.09. The number of hydrogen-bond donors (Lipinski definition) is 2. The molecule has 0 aliphatic heterocycles. The van der Waals surface area contributed by atoms with Crippen LogP contribution in [-0.2, 0) is 16.0 Å². The average Bonchev–Trinajstić information content (AvgIpc) is 2.71. The molecule has 0 atom stereocenters. The minimum absolute atomic E-state index is 0.117. The summed E-state index contributed by atoms with van der Waals surface area (Å²) in [5.41, 5.74) is 5.65. The summed E-state index contributed by atoms with van der Waals surface area (Å²) in [6, 6.07) is 14.9. The van der Waals surface area contributed by atoms with E-state index in [4.69, 9.17) is 4.74 Å². The maximum atomic E-state index is 12.0. The lowest BCUT2D eigenvalue weighted by molar-refractivity contribution is -0.127. The van der Waals surface area contributed by atoms with Crippen LogP contribution in [-0.4, -0.2) is 34.9 Å². The number of carbonyl (C=O) groups excluding carboxylic acids is 2. The van der Waals surface area contributed by atoms with Crippen molar-refractivity contribution in [1.29, 1.82) is 0 Å². The molecule has 0 aliphatic rings. The van der Waals surface area contributed by atoms with Gasteiger partial charge in [-0.1, -0.05) is 48.2 Å². The van der Waals surface area contributed by atoms with Gasteiger partial charge in [-0.15, -0.1) is 5.10 Å². The zero-order valence-electron chi connectivity index (χ0n) is 14.6. The van der Waals surface area contributed by atoms with Crippen molar-refractivity contribution in [3.05, 3.63) is 60.3 Å². The van der Waals surface area contributed by atoms with E-state index in [9.17, 15) is 9.59 Å². The first kappa shape index (κ1) is 18.7. The number of rotatable bonds is 6. The fourth-order valence-corrected chi connectivity index (χ4v) is 3.18. The van der Waals surface area contributed by atoms with Crippen molar-refractivity contribution in [2.24, 2.45) is 0 Å². The van der Waals surface area contributed by atoms with Crippen LogP contribution < -0.4 is 15.6 Å². The minimum atomic E-state index is -0.321. The second-order valence-electron chi connectivity index (χ2n) is 5.65. The van der Waals surface area contributed by atoms with Gasteiger partial charge in [0.25, 0.3) is 0 Å². The molecule has 0 saturated carbocycles. The molecule has 7 nitrogen and oxygen atoms in total. The maximum Gasteiger partial charge on any atom is 0.248 e. The number of hydrogen-bond acceptors (Lipinski definition) is 6. The molecule has 0 aliphatic carbocycles. The van der Waals surface area contributed by atoms with Gasteiger partial charge in [0.05, 0.1) is 25.5 Å². The van der Waals surface area contributed by atoms with Crippen LogP contribution in [0.5, 0.6) is 5.75 Å². The van der Waals surface area contributed by atoms with E-state index in [2.05, 4.69) is 21.0 Å². The predicted octanol–water partition coefficient (Wildman–Crippen LogP) is 2.12. The first-order valence-corrected chi connectivity index (χ1v) is 9.18. The lowest BCUT2D eigenvalue weighted by atomic mass is 10.1. The number of benzene rings is 2. The molecule has 0 fully saturated rings. The summed E-state index contributed by atoms with van der Waals surface area (Å²) in [7, 11) is 1.58. The minimum Gasteiger partial charge on any atom is -0.497 e. The standard InChI is InChI=1S/C19H18N4O3S/c1-26-15-8-6-13(7-9-15)10-17(24)21-22-18(25)12-27-19-16-5-3-2-4-14(16)11-20-23-19/h2-9,11H,10,12H2,1H3,(H,21,24)(H,22,25). The Morgan fingerprint density at radius 1 is 1.04 bits per heavy atom. The molecule has 0 radical (unpaired) electrons. The van der Waals surface area contributed by atoms with Crippen molar-refractivity contribution in [3.63, 3.8) is 0 Å². The highest BCUT2D eigenvalue weighted by Crippen LogP contribution is 2.24. The second kappa shape index (κ2) is 9.00. The van der Waals surface area contributed by atoms with Crippen LogP contribution in [0.15, 0.2) is 59.8 Å². The lowest BCUT2D eigenvalue weighted by Gasteiger charge is -2.08. The Balaban J connectivity index is 1.47. The van der Waals surface area contributed by atoms with Crippen molar-refractivity contribution < 1.29 is 14.3 Å². The van der Waals surface area contributed by atoms with E-state index in [0.29, 0.717) is 5.03 Å². The number of fused-ring (bicyclic) bond motifs is 1. The van der Waals surface area contributed by atoms with Crippen LogP contribution in [0.4, 0.5) is 0 Å². The van der Waals surface area contributed by atoms with E-state index in [1.165, 1.54) is 11.8 Å². The highest BCUT2D eigenvalue weighted by atomic mass is 32.2. The molecule has 0 bridgehead atoms. The Labute approximate surface area is 160 Å². The van der Waals surface area contributed by atoms with E-state index in [-0.39, 0.29) is 24.0 Å². The molecule has 8 heteroatoms. The van der Waals surface area contributed by atoms with Gasteiger partial charge in [-0.05, 0) is 17.7 Å². The van der Waals surface area contributed by atoms with Crippen LogP contribution in [0.2, 0.25) is 0 Å². The molecule has 3 aromatic rings. The molecule has 3 rings (SSSR count). The third kappa shape index (κ3) is 5.18. The molecule has 2 aromatic carbocycles. The number of amides is 2. The van der Waals surface area contributed by atoms with Crippen molar-refractivity contribution in [1.82, 2.24) is 21.0 Å². The Hall–Kier alpha value is -3.13. The lowest BCUT2D eigenvalue weighted by Crippen LogP contribution is -2.43. The third-order valence-electron chi connectivity index (χ3n) is 3.74. The van der Waals surface area contributed by atoms with Gasteiger partial charge in [0.15, 0.2) is 0 Å². The van der Waals surface area contributed by atoms with E-state index in [1.807, 2.05) is 24.3 Å². The molecular formula is C19H18N4O3S. The Bertz CT molecular complexity index is 942. The number of thioether (sulfide) groups is 1. The SMILES string of the molecule is COc1ccc(CC(=O)NNC(=O)CSc2nncc3ccccc23)cc1. The number of nitrogens with one attached hydrogen (secondary N) is 2. The van der Waals surface area contributed by atoms with Crippen molar-refractivity contribution in [2.75, 3.05) is 12.9 Å². The van der Waals surface area contributed by atoms with E-state index < -0.39 is 0 Å². The fraction of sp³-hybridized carbons (Fsp3) is 0.158. The van der Waals surface area contributed by atoms with Gasteiger partial charge in [-0.2, -0.15) is 5.10 Å². The monoisotopic (exact) mass is 382 g/mol. The number of carbonyl (C=O) groups is 2. The van der Waals surface area contributed by atoms with Gasteiger partial charge in [0.1, 0.15) is 10.8 Å². The summed E-state index contributed by atoms with van der Waals surface area (Å²) >= 11 is 1.27. The zero-order chi connectivity index (χ0) is 19.1. The number of methoxy groups -OCH3 is 1. The largest absolute Gasteiger partial charge is 0.497 e. The second-order valence-corrected chi connectivity index (χ2v) is 6.61. The highest BCUT2D eigenvalue weighted by molar-refractivity contribution is 8.00. The fourth-order valence-electron chi connectivity index (χ4n) is 2.39. The molecule has 0 unspecified atom stereocenters. The first-order chi connectivity index (χ1) is 13.2. The smallest absolute Gasteiger partial charge is 0.248 e. The van der Waals surface area contributed by atoms with Crippen LogP contribution in [0.3, 0.4) is 0 Å². The van der Waals surface area contributed by atoms with Gasteiger partial charge >= 0.3 is 0 Å². The van der Waals surface area contributed by atoms with Crippen molar-refractivity contribution >= 4 is 34.3 Å². The molecular weight excluding hydrogens is 364 g/mol. The maximum absolute atomic E-state index is 12.0. The van der Waals surface area contributed by atoms with Gasteiger partial charge in [0.2, 0.25) is 11.8 Å². The number of aromatic nitrogens is 2. The summed E-state index contributed by atoms with van der Waals surface area (Å²) in [4.78, 5) is 23.9. The Morgan fingerprint density at radius 2 is 1.78 bits per heavy atom. The summed E-state index contributed by atoms with van der Waals surface area (Å²) in [6.07, 6.45) is 1.84. The Kier molecular flexibility index (Phi) is 6.22. The molecule has 27 heavy (non-hydrogen) atoms. The molecule has 1 heterocycles. The topological polar surface area (TPSA) is 93.2 Å². The van der Waals surface area contributed by atoms with Gasteiger partial charge < -0.3 is 4.74 Å². The first-order valence-electron chi connectivity index (χ1n) is 8.19. The molecule has 2 amide bonds. The molecule has 1 aromatic heterocycles. The average molecular weight is 382 g/mol. The molecule has 138 valence electrons. The molecule has 0 spiro atoms. The van der Waals surface area contributed by atoms with Gasteiger partial charge in [-0.25, -0.2) is 0 Å². The van der Waals surface area contributed by atoms with Crippen molar-refractivity contribution in [3.8, 4) is 5.75 Å². The van der Waals surface area contributed by atoms with E-state index >= 15 is 0 Å². The molecule has 2 N–H and O–H groups in total. The van der Waals surface area contributed by atoms with E-state index in [0.717, 1.165) is 22.1 Å². The number of hydrazine groups is 1. The third-order valence-corrected chi connectivity index (χ3v) is 4.72. The summed E-state index contributed by atoms with van der Waals surface area (Å²) in [5.74, 6) is 0.216. The number of ether oxygens (including phenoxy) is 1. The van der Waals surface area contributed by atoms with Crippen LogP contribution in [0.1, 0.15) is 5.56 Å². The van der Waals surface area contributed by atoms with E-state index in [1.54, 1.807) is 37.6 Å². The summed E-state index contributed by atoms with van der Waals surface area (Å²) in [5, 5.41) is 10.6. The van der Waals surface area contributed by atoms with Gasteiger partial charge in [-0.3, -0.25) is 20.4 Å². The van der Waals surface area contributed by atoms with Crippen LogP contribution in [0, 0.1) is 0 Å². The Morgan fingerprint density at radius 3 is 2.56 bits per heavy atom. The van der Waals surface area contributed by atoms with Gasteiger partial charge in [0, 0.05) is 10.8 Å². The normalized spacial score (nSPS) is 10.4. The van der Waals surface area contributed by atoms with Crippen molar-refractivity contribution in [2.45, 2.75) is 11.4 Å². The van der Waals surface area contributed by atoms with Crippen LogP contribution in [0.25, 0.3) is 10.8 Å². The number of nitrogens with zero attached hydrogens (tertiary/aromatic N) is 2. The summed E-state index contributed by atoms with van der Waals surface area (Å²) < 4.78 is 5.07. The van der Waals surface area contributed by atoms with Crippen LogP contribution >= 0.6 is 11.8 Å². The predicted molar refractivity (Wildman–Crippen MR) is 103 cm³/mol. The zero-order valence-corrected chi connectivity index (χ0v) is 15.5. The summed E-state index contributed by atoms with van der Waals surface area (Å²) in [6.45, 7) is 0.